The van der Waals surface area contributed by atoms with E-state index in [0.717, 1.165) is 0 Å². The molecule has 0 heterocycles. The minimum Gasteiger partial charge on any atom is -0.496 e. The Labute approximate surface area is 82.6 Å². The average Bonchev–Trinajstić information content (AvgIpc) is 2.26. The Bertz CT molecular complexity index is 325. The molecule has 0 spiro atoms. The highest BCUT2D eigenvalue weighted by Gasteiger charge is 2.19. The molecule has 0 aromatic heterocycles. The summed E-state index contributed by atoms with van der Waals surface area (Å²) in [5, 5.41) is 0. The molecule has 2 N–H and O–H groups in total. The van der Waals surface area contributed by atoms with E-state index in [9.17, 15) is 4.79 Å². The summed E-state index contributed by atoms with van der Waals surface area (Å²) < 4.78 is 9.62. The summed E-state index contributed by atoms with van der Waals surface area (Å²) in [5.41, 5.74) is 6.30. The van der Waals surface area contributed by atoms with Crippen molar-refractivity contribution in [1.82, 2.24) is 0 Å². The molecule has 1 atom stereocenters. The van der Waals surface area contributed by atoms with Crippen LogP contribution in [0.4, 0.5) is 0 Å². The van der Waals surface area contributed by atoms with Gasteiger partial charge in [-0.15, -0.1) is 0 Å². The van der Waals surface area contributed by atoms with Gasteiger partial charge in [0.25, 0.3) is 0 Å². The van der Waals surface area contributed by atoms with Crippen molar-refractivity contribution in [2.24, 2.45) is 5.73 Å². The maximum atomic E-state index is 11.2. The second kappa shape index (κ2) is 4.62. The third-order valence-electron chi connectivity index (χ3n) is 1.93. The Kier molecular flexibility index (Phi) is 3.48. The SMILES string of the molecule is COC(=O)[C@@H](N)c1ccccc1OC. The molecule has 0 unspecified atom stereocenters. The molecule has 0 aliphatic rings. The summed E-state index contributed by atoms with van der Waals surface area (Å²) in [5.74, 6) is 0.111. The Hall–Kier alpha value is -1.55. The van der Waals surface area contributed by atoms with Crippen molar-refractivity contribution in [2.75, 3.05) is 14.2 Å². The van der Waals surface area contributed by atoms with Crippen LogP contribution >= 0.6 is 0 Å². The van der Waals surface area contributed by atoms with Gasteiger partial charge in [0.2, 0.25) is 0 Å². The van der Waals surface area contributed by atoms with Gasteiger partial charge in [-0.25, -0.2) is 0 Å². The maximum absolute atomic E-state index is 11.2. The zero-order chi connectivity index (χ0) is 10.6. The predicted octanol–water partition coefficient (Wildman–Crippen LogP) is 0.868. The van der Waals surface area contributed by atoms with Crippen LogP contribution in [-0.4, -0.2) is 20.2 Å². The predicted molar refractivity (Wildman–Crippen MR) is 51.9 cm³/mol. The van der Waals surface area contributed by atoms with Crippen molar-refractivity contribution < 1.29 is 14.3 Å². The molecule has 14 heavy (non-hydrogen) atoms. The van der Waals surface area contributed by atoms with Gasteiger partial charge in [-0.3, -0.25) is 4.79 Å². The molecule has 76 valence electrons. The number of hydrogen-bond acceptors (Lipinski definition) is 4. The van der Waals surface area contributed by atoms with E-state index in [2.05, 4.69) is 4.74 Å². The Morgan fingerprint density at radius 1 is 1.36 bits per heavy atom. The first kappa shape index (κ1) is 10.5. The molecule has 4 heteroatoms. The third-order valence-corrected chi connectivity index (χ3v) is 1.93. The van der Waals surface area contributed by atoms with Crippen molar-refractivity contribution in [3.63, 3.8) is 0 Å². The van der Waals surface area contributed by atoms with Gasteiger partial charge in [0.15, 0.2) is 0 Å². The molecule has 0 radical (unpaired) electrons. The third kappa shape index (κ3) is 2.03. The fraction of sp³-hybridized carbons (Fsp3) is 0.300. The van der Waals surface area contributed by atoms with Gasteiger partial charge >= 0.3 is 5.97 Å². The molecule has 0 saturated carbocycles. The Morgan fingerprint density at radius 2 is 2.00 bits per heavy atom. The summed E-state index contributed by atoms with van der Waals surface area (Å²) in [6.07, 6.45) is 0. The summed E-state index contributed by atoms with van der Waals surface area (Å²) in [6, 6.07) is 6.29. The Morgan fingerprint density at radius 3 is 2.57 bits per heavy atom. The van der Waals surface area contributed by atoms with Crippen LogP contribution in [0, 0.1) is 0 Å². The number of rotatable bonds is 3. The maximum Gasteiger partial charge on any atom is 0.327 e. The lowest BCUT2D eigenvalue weighted by molar-refractivity contribution is -0.142. The number of nitrogens with two attached hydrogens (primary N) is 1. The van der Waals surface area contributed by atoms with Crippen LogP contribution in [0.1, 0.15) is 11.6 Å². The molecular formula is C10H13NO3. The molecule has 4 nitrogen and oxygen atoms in total. The van der Waals surface area contributed by atoms with Gasteiger partial charge < -0.3 is 15.2 Å². The summed E-state index contributed by atoms with van der Waals surface area (Å²) in [6.45, 7) is 0. The fourth-order valence-electron chi connectivity index (χ4n) is 1.18. The van der Waals surface area contributed by atoms with Crippen LogP contribution in [0.15, 0.2) is 24.3 Å². The minimum atomic E-state index is -0.795. The second-order valence-electron chi connectivity index (χ2n) is 2.74. The molecule has 1 aromatic carbocycles. The molecule has 1 rings (SSSR count). The molecule has 0 amide bonds. The zero-order valence-corrected chi connectivity index (χ0v) is 8.19. The molecule has 0 aliphatic carbocycles. The van der Waals surface area contributed by atoms with Gasteiger partial charge in [-0.2, -0.15) is 0 Å². The summed E-state index contributed by atoms with van der Waals surface area (Å²) in [7, 11) is 2.83. The first-order chi connectivity index (χ1) is 6.70. The number of hydrogen-bond donors (Lipinski definition) is 1. The molecule has 0 fully saturated rings. The number of carbonyl (C=O) groups is 1. The van der Waals surface area contributed by atoms with Crippen molar-refractivity contribution in [1.29, 1.82) is 0 Å². The van der Waals surface area contributed by atoms with E-state index in [0.29, 0.717) is 11.3 Å². The molecular weight excluding hydrogens is 182 g/mol. The molecule has 0 aliphatic heterocycles. The fourth-order valence-corrected chi connectivity index (χ4v) is 1.18. The first-order valence-corrected chi connectivity index (χ1v) is 4.17. The van der Waals surface area contributed by atoms with Gasteiger partial charge in [0, 0.05) is 5.56 Å². The molecule has 1 aromatic rings. The minimum absolute atomic E-state index is 0.477. The average molecular weight is 195 g/mol. The van der Waals surface area contributed by atoms with Crippen molar-refractivity contribution in [3.05, 3.63) is 29.8 Å². The highest BCUT2D eigenvalue weighted by atomic mass is 16.5. The molecule has 0 bridgehead atoms. The topological polar surface area (TPSA) is 61.5 Å². The van der Waals surface area contributed by atoms with Crippen LogP contribution in [0.5, 0.6) is 5.75 Å². The number of ether oxygens (including phenoxy) is 2. The van der Waals surface area contributed by atoms with Crippen LogP contribution in [-0.2, 0) is 9.53 Å². The normalized spacial score (nSPS) is 11.9. The highest BCUT2D eigenvalue weighted by Crippen LogP contribution is 2.23. The monoisotopic (exact) mass is 195 g/mol. The number of methoxy groups -OCH3 is 2. The van der Waals surface area contributed by atoms with Crippen LogP contribution in [0.25, 0.3) is 0 Å². The highest BCUT2D eigenvalue weighted by molar-refractivity contribution is 5.78. The quantitative estimate of drug-likeness (QED) is 0.727. The van der Waals surface area contributed by atoms with E-state index in [-0.39, 0.29) is 0 Å². The first-order valence-electron chi connectivity index (χ1n) is 4.17. The van der Waals surface area contributed by atoms with E-state index < -0.39 is 12.0 Å². The van der Waals surface area contributed by atoms with Gasteiger partial charge in [-0.05, 0) is 6.07 Å². The smallest absolute Gasteiger partial charge is 0.327 e. The number of para-hydroxylation sites is 1. The Balaban J connectivity index is 2.99. The van der Waals surface area contributed by atoms with Crippen LogP contribution in [0.3, 0.4) is 0 Å². The van der Waals surface area contributed by atoms with E-state index in [1.54, 1.807) is 18.2 Å². The lowest BCUT2D eigenvalue weighted by atomic mass is 10.1. The number of benzene rings is 1. The van der Waals surface area contributed by atoms with Crippen molar-refractivity contribution in [2.45, 2.75) is 6.04 Å². The largest absolute Gasteiger partial charge is 0.496 e. The lowest BCUT2D eigenvalue weighted by Crippen LogP contribution is -2.23. The second-order valence-corrected chi connectivity index (χ2v) is 2.74. The van der Waals surface area contributed by atoms with E-state index >= 15 is 0 Å². The number of esters is 1. The van der Waals surface area contributed by atoms with E-state index in [4.69, 9.17) is 10.5 Å². The van der Waals surface area contributed by atoms with Crippen molar-refractivity contribution in [3.8, 4) is 5.75 Å². The van der Waals surface area contributed by atoms with Crippen LogP contribution in [0.2, 0.25) is 0 Å². The lowest BCUT2D eigenvalue weighted by Gasteiger charge is -2.12. The standard InChI is InChI=1S/C10H13NO3/c1-13-8-6-4-3-5-7(8)9(11)10(12)14-2/h3-6,9H,11H2,1-2H3/t9-/m0/s1. The van der Waals surface area contributed by atoms with Crippen molar-refractivity contribution >= 4 is 5.97 Å². The van der Waals surface area contributed by atoms with Gasteiger partial charge in [-0.1, -0.05) is 18.2 Å². The number of carbonyl (C=O) groups excluding carboxylic acids is 1. The zero-order valence-electron chi connectivity index (χ0n) is 8.19. The van der Waals surface area contributed by atoms with Gasteiger partial charge in [0.05, 0.1) is 14.2 Å². The van der Waals surface area contributed by atoms with E-state index in [1.807, 2.05) is 6.07 Å². The van der Waals surface area contributed by atoms with Crippen LogP contribution < -0.4 is 10.5 Å². The van der Waals surface area contributed by atoms with E-state index in [1.165, 1.54) is 14.2 Å². The summed E-state index contributed by atoms with van der Waals surface area (Å²) >= 11 is 0. The summed E-state index contributed by atoms with van der Waals surface area (Å²) in [4.78, 5) is 11.2. The van der Waals surface area contributed by atoms with Gasteiger partial charge in [0.1, 0.15) is 11.8 Å². The molecule has 0 saturated heterocycles.